The highest BCUT2D eigenvalue weighted by Gasteiger charge is 2.30. The second-order valence-electron chi connectivity index (χ2n) is 10.9. The smallest absolute Gasteiger partial charge is 0.169 e. The predicted octanol–water partition coefficient (Wildman–Crippen LogP) is 8.59. The number of hydrogen-bond donors (Lipinski definition) is 0. The van der Waals surface area contributed by atoms with Crippen LogP contribution >= 0.6 is 11.8 Å². The summed E-state index contributed by atoms with van der Waals surface area (Å²) in [6.45, 7) is 16.1. The van der Waals surface area contributed by atoms with Crippen molar-refractivity contribution >= 4 is 17.4 Å². The first-order chi connectivity index (χ1) is 14.1. The van der Waals surface area contributed by atoms with Crippen molar-refractivity contribution in [2.24, 2.45) is 0 Å². The average molecular weight is 418 g/mol. The van der Waals surface area contributed by atoms with Crippen molar-refractivity contribution in [3.63, 3.8) is 0 Å². The van der Waals surface area contributed by atoms with Crippen LogP contribution in [0, 0.1) is 12.8 Å². The van der Waals surface area contributed by atoms with Gasteiger partial charge in [0.2, 0.25) is 0 Å². The molecule has 1 aliphatic heterocycles. The first kappa shape index (κ1) is 21.6. The molecule has 0 amide bonds. The van der Waals surface area contributed by atoms with E-state index in [4.69, 9.17) is 0 Å². The SMILES string of the molecule is Cc1cccc(-c2cc(C(C)(C)C)cc(C(C)(C)C)c2)c1N1[C]SC2=C1CCCC2. The summed E-state index contributed by atoms with van der Waals surface area (Å²) < 4.78 is 0. The number of allylic oxidation sites excluding steroid dienone is 2. The van der Waals surface area contributed by atoms with Gasteiger partial charge in [-0.1, -0.05) is 89.7 Å². The van der Waals surface area contributed by atoms with Crippen LogP contribution < -0.4 is 4.90 Å². The molecule has 158 valence electrons. The number of benzene rings is 2. The molecule has 0 fully saturated rings. The monoisotopic (exact) mass is 417 g/mol. The van der Waals surface area contributed by atoms with Crippen molar-refractivity contribution in [3.8, 4) is 11.1 Å². The van der Waals surface area contributed by atoms with Gasteiger partial charge in [0, 0.05) is 16.2 Å². The maximum absolute atomic E-state index is 3.63. The zero-order valence-corrected chi connectivity index (χ0v) is 20.5. The van der Waals surface area contributed by atoms with Crippen LogP contribution in [-0.4, -0.2) is 0 Å². The first-order valence-corrected chi connectivity index (χ1v) is 12.1. The van der Waals surface area contributed by atoms with E-state index in [-0.39, 0.29) is 10.8 Å². The van der Waals surface area contributed by atoms with Gasteiger partial charge < -0.3 is 4.90 Å². The summed E-state index contributed by atoms with van der Waals surface area (Å²) >= 11 is 1.81. The molecule has 1 heterocycles. The zero-order chi connectivity index (χ0) is 21.7. The molecule has 2 aliphatic rings. The second-order valence-corrected chi connectivity index (χ2v) is 11.8. The summed E-state index contributed by atoms with van der Waals surface area (Å²) in [4.78, 5) is 3.90. The number of hydrogen-bond acceptors (Lipinski definition) is 2. The molecule has 0 saturated carbocycles. The van der Waals surface area contributed by atoms with E-state index in [9.17, 15) is 0 Å². The molecule has 1 aliphatic carbocycles. The van der Waals surface area contributed by atoms with Gasteiger partial charge in [0.1, 0.15) is 0 Å². The fourth-order valence-corrected chi connectivity index (χ4v) is 5.34. The average Bonchev–Trinajstić information content (AvgIpc) is 3.10. The number of thioether (sulfide) groups is 1. The van der Waals surface area contributed by atoms with E-state index in [0.717, 1.165) is 0 Å². The van der Waals surface area contributed by atoms with Crippen LogP contribution in [0.5, 0.6) is 0 Å². The highest BCUT2D eigenvalue weighted by Crippen LogP contribution is 2.49. The Hall–Kier alpha value is -1.67. The van der Waals surface area contributed by atoms with Gasteiger partial charge in [0.05, 0.1) is 5.69 Å². The molecule has 2 heteroatoms. The molecule has 2 aromatic rings. The topological polar surface area (TPSA) is 3.24 Å². The summed E-state index contributed by atoms with van der Waals surface area (Å²) in [6.07, 6.45) is 4.97. The van der Waals surface area contributed by atoms with Gasteiger partial charge in [-0.25, -0.2) is 0 Å². The molecule has 1 nitrogen and oxygen atoms in total. The van der Waals surface area contributed by atoms with Gasteiger partial charge in [0.25, 0.3) is 0 Å². The van der Waals surface area contributed by atoms with Crippen molar-refractivity contribution < 1.29 is 0 Å². The fourth-order valence-electron chi connectivity index (χ4n) is 4.38. The second kappa shape index (κ2) is 7.79. The molecule has 0 saturated heterocycles. The van der Waals surface area contributed by atoms with Crippen LogP contribution in [0.4, 0.5) is 5.69 Å². The largest absolute Gasteiger partial charge is 0.322 e. The molecule has 0 N–H and O–H groups in total. The lowest BCUT2D eigenvalue weighted by atomic mass is 9.78. The molecule has 0 atom stereocenters. The van der Waals surface area contributed by atoms with Crippen molar-refractivity contribution in [1.29, 1.82) is 0 Å². The van der Waals surface area contributed by atoms with Crippen LogP contribution in [0.3, 0.4) is 0 Å². The summed E-state index contributed by atoms with van der Waals surface area (Å²) in [7, 11) is 0. The van der Waals surface area contributed by atoms with E-state index >= 15 is 0 Å². The number of para-hydroxylation sites is 1. The van der Waals surface area contributed by atoms with E-state index in [0.29, 0.717) is 0 Å². The summed E-state index contributed by atoms with van der Waals surface area (Å²) in [5.74, 6) is 3.63. The Balaban J connectivity index is 1.90. The van der Waals surface area contributed by atoms with Crippen LogP contribution in [0.1, 0.15) is 83.9 Å². The lowest BCUT2D eigenvalue weighted by Crippen LogP contribution is -2.19. The van der Waals surface area contributed by atoms with Gasteiger partial charge in [-0.05, 0) is 65.7 Å². The molecule has 0 unspecified atom stereocenters. The zero-order valence-electron chi connectivity index (χ0n) is 19.6. The molecular weight excluding hydrogens is 382 g/mol. The Morgan fingerprint density at radius 1 is 0.867 bits per heavy atom. The fraction of sp³-hybridized carbons (Fsp3) is 0.464. The summed E-state index contributed by atoms with van der Waals surface area (Å²) in [5, 5.41) is 0. The van der Waals surface area contributed by atoms with Crippen molar-refractivity contribution in [2.75, 3.05) is 4.90 Å². The minimum Gasteiger partial charge on any atom is -0.322 e. The third kappa shape index (κ3) is 4.08. The standard InChI is InChI=1S/C28H35NS/c1-19-11-10-12-23(26(19)29-18-30-25-14-9-8-13-24(25)29)20-15-21(27(2,3)4)17-22(16-20)28(5,6)7/h10-12,15-17H,8-9,13-14H2,1-7H3. The molecule has 2 aromatic carbocycles. The molecule has 0 spiro atoms. The molecule has 0 aromatic heterocycles. The molecule has 0 bridgehead atoms. The Kier molecular flexibility index (Phi) is 5.60. The predicted molar refractivity (Wildman–Crippen MR) is 133 cm³/mol. The number of aryl methyl sites for hydroxylation is 1. The maximum Gasteiger partial charge on any atom is 0.169 e. The highest BCUT2D eigenvalue weighted by atomic mass is 32.2. The van der Waals surface area contributed by atoms with Gasteiger partial charge in [-0.15, -0.1) is 0 Å². The summed E-state index contributed by atoms with van der Waals surface area (Å²) in [5.41, 5.74) is 9.77. The van der Waals surface area contributed by atoms with Gasteiger partial charge in [-0.3, -0.25) is 0 Å². The Labute approximate surface area is 188 Å². The lowest BCUT2D eigenvalue weighted by molar-refractivity contribution is 0.569. The Bertz CT molecular complexity index is 952. The van der Waals surface area contributed by atoms with Crippen molar-refractivity contribution in [3.05, 3.63) is 69.6 Å². The van der Waals surface area contributed by atoms with Crippen molar-refractivity contribution in [2.45, 2.75) is 85.0 Å². The van der Waals surface area contributed by atoms with Crippen molar-refractivity contribution in [1.82, 2.24) is 0 Å². The van der Waals surface area contributed by atoms with E-state index < -0.39 is 0 Å². The normalized spacial score (nSPS) is 17.5. The van der Waals surface area contributed by atoms with Crippen LogP contribution in [0.15, 0.2) is 47.0 Å². The third-order valence-corrected chi connectivity index (χ3v) is 7.32. The van der Waals surface area contributed by atoms with E-state index in [1.807, 2.05) is 11.8 Å². The first-order valence-electron chi connectivity index (χ1n) is 11.3. The van der Waals surface area contributed by atoms with E-state index in [2.05, 4.69) is 95.6 Å². The van der Waals surface area contributed by atoms with Crippen LogP contribution in [0.25, 0.3) is 11.1 Å². The number of nitrogens with zero attached hydrogens (tertiary/aromatic N) is 1. The van der Waals surface area contributed by atoms with Gasteiger partial charge >= 0.3 is 0 Å². The molecule has 30 heavy (non-hydrogen) atoms. The van der Waals surface area contributed by atoms with E-state index in [1.54, 1.807) is 0 Å². The minimum atomic E-state index is 0.112. The molecule has 2 radical (unpaired) electrons. The lowest BCUT2D eigenvalue weighted by Gasteiger charge is -2.29. The number of anilines is 1. The van der Waals surface area contributed by atoms with Gasteiger partial charge in [0.15, 0.2) is 5.88 Å². The van der Waals surface area contributed by atoms with Gasteiger partial charge in [-0.2, -0.15) is 0 Å². The highest BCUT2D eigenvalue weighted by molar-refractivity contribution is 8.05. The number of rotatable bonds is 2. The van der Waals surface area contributed by atoms with E-state index in [1.165, 1.54) is 69.8 Å². The molecule has 4 rings (SSSR count). The van der Waals surface area contributed by atoms with Crippen LogP contribution in [0.2, 0.25) is 0 Å². The Morgan fingerprint density at radius 3 is 2.13 bits per heavy atom. The minimum absolute atomic E-state index is 0.112. The summed E-state index contributed by atoms with van der Waals surface area (Å²) in [6, 6.07) is 14.0. The quantitative estimate of drug-likeness (QED) is 0.481. The third-order valence-electron chi connectivity index (χ3n) is 6.36. The molecular formula is C28H35NS. The maximum atomic E-state index is 3.63. The Morgan fingerprint density at radius 2 is 1.50 bits per heavy atom. The van der Waals surface area contributed by atoms with Crippen LogP contribution in [-0.2, 0) is 10.8 Å².